The van der Waals surface area contributed by atoms with E-state index in [1.807, 2.05) is 11.8 Å². The van der Waals surface area contributed by atoms with Gasteiger partial charge in [0.15, 0.2) is 0 Å². The Morgan fingerprint density at radius 3 is 2.53 bits per heavy atom. The van der Waals surface area contributed by atoms with Crippen LogP contribution >= 0.6 is 11.8 Å². The van der Waals surface area contributed by atoms with Crippen LogP contribution in [0, 0.1) is 11.3 Å². The molecule has 0 aromatic rings. The second-order valence-corrected chi connectivity index (χ2v) is 6.00. The van der Waals surface area contributed by atoms with Crippen LogP contribution in [0.1, 0.15) is 38.5 Å². The van der Waals surface area contributed by atoms with Crippen LogP contribution in [0.25, 0.3) is 0 Å². The standard InChI is InChI=1S/C12H22N2S/c1-14(11-7-8-15-9-11)12(13)10-5-3-2-4-6-10/h10-11,13H,2-9H2,1H3. The Bertz CT molecular complexity index is 218. The molecule has 1 saturated heterocycles. The second kappa shape index (κ2) is 5.24. The van der Waals surface area contributed by atoms with Crippen LogP contribution in [0.3, 0.4) is 0 Å². The van der Waals surface area contributed by atoms with E-state index in [1.54, 1.807) is 0 Å². The van der Waals surface area contributed by atoms with Crippen LogP contribution in [0.5, 0.6) is 0 Å². The summed E-state index contributed by atoms with van der Waals surface area (Å²) < 4.78 is 0. The lowest BCUT2D eigenvalue weighted by Crippen LogP contribution is -2.40. The van der Waals surface area contributed by atoms with Crippen LogP contribution in [0.15, 0.2) is 0 Å². The molecule has 1 N–H and O–H groups in total. The number of amidine groups is 1. The number of hydrogen-bond donors (Lipinski definition) is 1. The molecule has 0 radical (unpaired) electrons. The number of hydrogen-bond acceptors (Lipinski definition) is 2. The van der Waals surface area contributed by atoms with Crippen LogP contribution in [0.4, 0.5) is 0 Å². The van der Waals surface area contributed by atoms with Gasteiger partial charge < -0.3 is 4.90 Å². The molecular formula is C12H22N2S. The molecule has 0 bridgehead atoms. The third-order valence-electron chi connectivity index (χ3n) is 3.83. The van der Waals surface area contributed by atoms with Gasteiger partial charge in [0.05, 0.1) is 5.84 Å². The Morgan fingerprint density at radius 2 is 1.93 bits per heavy atom. The first-order valence-corrected chi connectivity index (χ1v) is 7.33. The number of nitrogens with one attached hydrogen (secondary N) is 1. The molecule has 1 aliphatic carbocycles. The minimum atomic E-state index is 0.564. The monoisotopic (exact) mass is 226 g/mol. The molecule has 1 aliphatic heterocycles. The highest BCUT2D eigenvalue weighted by Gasteiger charge is 2.27. The maximum absolute atomic E-state index is 8.27. The molecular weight excluding hydrogens is 204 g/mol. The van der Waals surface area contributed by atoms with E-state index >= 15 is 0 Å². The van der Waals surface area contributed by atoms with Gasteiger partial charge in [0.25, 0.3) is 0 Å². The van der Waals surface area contributed by atoms with Crippen molar-refractivity contribution in [2.75, 3.05) is 18.6 Å². The smallest absolute Gasteiger partial charge is 0.0989 e. The summed E-state index contributed by atoms with van der Waals surface area (Å²) in [7, 11) is 2.13. The Hall–Kier alpha value is -0.180. The van der Waals surface area contributed by atoms with E-state index in [2.05, 4.69) is 11.9 Å². The van der Waals surface area contributed by atoms with Gasteiger partial charge >= 0.3 is 0 Å². The highest BCUT2D eigenvalue weighted by molar-refractivity contribution is 7.99. The van der Waals surface area contributed by atoms with Crippen molar-refractivity contribution in [3.05, 3.63) is 0 Å². The minimum absolute atomic E-state index is 0.564. The molecule has 0 aromatic heterocycles. The van der Waals surface area contributed by atoms with E-state index in [9.17, 15) is 0 Å². The van der Waals surface area contributed by atoms with Crippen LogP contribution in [-0.2, 0) is 0 Å². The lowest BCUT2D eigenvalue weighted by molar-refractivity contribution is 0.341. The maximum Gasteiger partial charge on any atom is 0.0989 e. The molecule has 0 amide bonds. The highest BCUT2D eigenvalue weighted by Crippen LogP contribution is 2.28. The van der Waals surface area contributed by atoms with Gasteiger partial charge in [-0.25, -0.2) is 0 Å². The van der Waals surface area contributed by atoms with Crippen molar-refractivity contribution < 1.29 is 0 Å². The van der Waals surface area contributed by atoms with Crippen molar-refractivity contribution >= 4 is 17.6 Å². The maximum atomic E-state index is 8.27. The van der Waals surface area contributed by atoms with Crippen molar-refractivity contribution in [2.45, 2.75) is 44.6 Å². The van der Waals surface area contributed by atoms with Gasteiger partial charge in [0.2, 0.25) is 0 Å². The van der Waals surface area contributed by atoms with Crippen LogP contribution < -0.4 is 0 Å². The molecule has 1 unspecified atom stereocenters. The lowest BCUT2D eigenvalue weighted by atomic mass is 9.87. The summed E-state index contributed by atoms with van der Waals surface area (Å²) in [5, 5.41) is 8.27. The highest BCUT2D eigenvalue weighted by atomic mass is 32.2. The van der Waals surface area contributed by atoms with Gasteiger partial charge in [-0.2, -0.15) is 11.8 Å². The molecule has 86 valence electrons. The molecule has 1 heterocycles. The van der Waals surface area contributed by atoms with Gasteiger partial charge in [-0.15, -0.1) is 0 Å². The minimum Gasteiger partial charge on any atom is -0.360 e. The molecule has 2 nitrogen and oxygen atoms in total. The fraction of sp³-hybridized carbons (Fsp3) is 0.917. The van der Waals surface area contributed by atoms with E-state index in [1.165, 1.54) is 50.0 Å². The Kier molecular flexibility index (Phi) is 3.95. The summed E-state index contributed by atoms with van der Waals surface area (Å²) in [5.41, 5.74) is 0. The van der Waals surface area contributed by atoms with E-state index in [0.29, 0.717) is 12.0 Å². The summed E-state index contributed by atoms with van der Waals surface area (Å²) in [6.45, 7) is 0. The predicted octanol–water partition coefficient (Wildman–Crippen LogP) is 2.98. The van der Waals surface area contributed by atoms with Gasteiger partial charge in [0.1, 0.15) is 0 Å². The van der Waals surface area contributed by atoms with E-state index in [-0.39, 0.29) is 0 Å². The third kappa shape index (κ3) is 2.68. The molecule has 2 aliphatic rings. The normalized spacial score (nSPS) is 27.9. The lowest BCUT2D eigenvalue weighted by Gasteiger charge is -2.32. The Labute approximate surface area is 97.3 Å². The number of nitrogens with zero attached hydrogens (tertiary/aromatic N) is 1. The molecule has 0 aromatic carbocycles. The fourth-order valence-corrected chi connectivity index (χ4v) is 3.96. The first kappa shape index (κ1) is 11.3. The SMILES string of the molecule is CN(C(=N)C1CCCCC1)C1CCSC1. The summed E-state index contributed by atoms with van der Waals surface area (Å²) in [4.78, 5) is 2.26. The summed E-state index contributed by atoms with van der Waals surface area (Å²) in [5.74, 6) is 4.00. The van der Waals surface area contributed by atoms with Crippen molar-refractivity contribution in [3.8, 4) is 0 Å². The molecule has 0 spiro atoms. The van der Waals surface area contributed by atoms with E-state index in [0.717, 1.165) is 5.84 Å². The van der Waals surface area contributed by atoms with E-state index < -0.39 is 0 Å². The average Bonchev–Trinajstić information content (AvgIpc) is 2.82. The van der Waals surface area contributed by atoms with Crippen molar-refractivity contribution in [1.82, 2.24) is 4.90 Å². The van der Waals surface area contributed by atoms with E-state index in [4.69, 9.17) is 5.41 Å². The van der Waals surface area contributed by atoms with Crippen molar-refractivity contribution in [3.63, 3.8) is 0 Å². The van der Waals surface area contributed by atoms with Crippen molar-refractivity contribution in [1.29, 1.82) is 5.41 Å². The zero-order chi connectivity index (χ0) is 10.7. The molecule has 2 fully saturated rings. The summed E-state index contributed by atoms with van der Waals surface area (Å²) >= 11 is 2.04. The van der Waals surface area contributed by atoms with Crippen molar-refractivity contribution in [2.24, 2.45) is 5.92 Å². The molecule has 15 heavy (non-hydrogen) atoms. The Balaban J connectivity index is 1.87. The average molecular weight is 226 g/mol. The van der Waals surface area contributed by atoms with Crippen LogP contribution in [0.2, 0.25) is 0 Å². The quantitative estimate of drug-likeness (QED) is 0.579. The number of thioether (sulfide) groups is 1. The summed E-state index contributed by atoms with van der Waals surface area (Å²) in [6.07, 6.45) is 7.83. The second-order valence-electron chi connectivity index (χ2n) is 4.85. The van der Waals surface area contributed by atoms with Gasteiger partial charge in [-0.3, -0.25) is 5.41 Å². The fourth-order valence-electron chi connectivity index (χ4n) is 2.69. The van der Waals surface area contributed by atoms with Gasteiger partial charge in [-0.05, 0) is 25.0 Å². The predicted molar refractivity (Wildman–Crippen MR) is 67.8 cm³/mol. The zero-order valence-electron chi connectivity index (χ0n) is 9.67. The first-order valence-electron chi connectivity index (χ1n) is 6.18. The molecule has 3 heteroatoms. The first-order chi connectivity index (χ1) is 7.29. The third-order valence-corrected chi connectivity index (χ3v) is 4.97. The van der Waals surface area contributed by atoms with Gasteiger partial charge in [-0.1, -0.05) is 19.3 Å². The Morgan fingerprint density at radius 1 is 1.20 bits per heavy atom. The van der Waals surface area contributed by atoms with Gasteiger partial charge in [0, 0.05) is 24.8 Å². The zero-order valence-corrected chi connectivity index (χ0v) is 10.5. The summed E-state index contributed by atoms with van der Waals surface area (Å²) in [6, 6.07) is 0.643. The molecule has 1 atom stereocenters. The number of rotatable bonds is 2. The topological polar surface area (TPSA) is 27.1 Å². The largest absolute Gasteiger partial charge is 0.360 e. The molecule has 1 saturated carbocycles. The van der Waals surface area contributed by atoms with Crippen LogP contribution in [-0.4, -0.2) is 35.3 Å². The molecule has 2 rings (SSSR count).